The summed E-state index contributed by atoms with van der Waals surface area (Å²) in [6, 6.07) is 0. The van der Waals surface area contributed by atoms with Crippen molar-refractivity contribution >= 4 is 58.3 Å². The number of hydrogen-bond donors (Lipinski definition) is 2. The molecule has 126 valence electrons. The molecular weight excluding hydrogens is 371 g/mol. The number of nitrogen functional groups attached to an aromatic ring is 1. The van der Waals surface area contributed by atoms with Crippen LogP contribution in [0.15, 0.2) is 0 Å². The number of hydrogen-bond acceptors (Lipinski definition) is 6. The maximum absolute atomic E-state index is 11.9. The van der Waals surface area contributed by atoms with Gasteiger partial charge in [0.25, 0.3) is 5.91 Å². The van der Waals surface area contributed by atoms with Gasteiger partial charge in [-0.05, 0) is 0 Å². The molecule has 1 aromatic heterocycles. The van der Waals surface area contributed by atoms with Crippen LogP contribution in [-0.4, -0.2) is 54.9 Å². The summed E-state index contributed by atoms with van der Waals surface area (Å²) < 4.78 is 4.79. The Balaban J connectivity index is 2.75. The lowest BCUT2D eigenvalue weighted by atomic mass is 10.3. The molecule has 0 unspecified atom stereocenters. The van der Waals surface area contributed by atoms with Crippen LogP contribution in [0.3, 0.4) is 0 Å². The first-order valence-corrected chi connectivity index (χ1v) is 7.24. The second kappa shape index (κ2) is 8.19. The summed E-state index contributed by atoms with van der Waals surface area (Å²) in [6.45, 7) is -0.782. The third-order valence-electron chi connectivity index (χ3n) is 2.68. The fourth-order valence-corrected chi connectivity index (χ4v) is 1.94. The minimum Gasteiger partial charge on any atom is -0.451 e. The molecule has 11 heteroatoms. The molecule has 3 N–H and O–H groups in total. The molecule has 23 heavy (non-hydrogen) atoms. The first-order valence-electron chi connectivity index (χ1n) is 6.10. The van der Waals surface area contributed by atoms with E-state index >= 15 is 0 Å². The quantitative estimate of drug-likeness (QED) is 0.579. The lowest BCUT2D eigenvalue weighted by molar-refractivity contribution is -0.137. The first kappa shape index (κ1) is 19.3. The zero-order chi connectivity index (χ0) is 17.7. The van der Waals surface area contributed by atoms with Crippen LogP contribution in [-0.2, 0) is 14.3 Å². The number of esters is 1. The van der Waals surface area contributed by atoms with Crippen molar-refractivity contribution in [2.75, 3.05) is 33.0 Å². The largest absolute Gasteiger partial charge is 0.451 e. The maximum atomic E-state index is 11.9. The summed E-state index contributed by atoms with van der Waals surface area (Å²) >= 11 is 17.3. The van der Waals surface area contributed by atoms with Crippen LogP contribution in [0.1, 0.15) is 10.5 Å². The number of anilines is 1. The van der Waals surface area contributed by atoms with Gasteiger partial charge in [-0.15, -0.1) is 0 Å². The highest BCUT2D eigenvalue weighted by Gasteiger charge is 2.22. The Labute approximate surface area is 146 Å². The third-order valence-corrected chi connectivity index (χ3v) is 3.81. The Morgan fingerprint density at radius 2 is 1.87 bits per heavy atom. The topological polar surface area (TPSA) is 115 Å². The average Bonchev–Trinajstić information content (AvgIpc) is 2.53. The number of carbonyl (C=O) groups is 3. The predicted octanol–water partition coefficient (Wildman–Crippen LogP) is 0.985. The molecule has 0 fully saturated rings. The Hall–Kier alpha value is -1.77. The van der Waals surface area contributed by atoms with Gasteiger partial charge in [0.2, 0.25) is 5.91 Å². The fourth-order valence-electron chi connectivity index (χ4n) is 1.36. The minimum atomic E-state index is -0.998. The van der Waals surface area contributed by atoms with Gasteiger partial charge in [0.1, 0.15) is 5.02 Å². The summed E-state index contributed by atoms with van der Waals surface area (Å²) in [6.07, 6.45) is 0. The van der Waals surface area contributed by atoms with Gasteiger partial charge < -0.3 is 20.7 Å². The SMILES string of the molecule is CNC(=O)CN(C)C(=O)COC(=O)c1nc(Cl)c(Cl)c(N)c1Cl. The minimum absolute atomic E-state index is 0.0883. The fraction of sp³-hybridized carbons (Fsp3) is 0.333. The number of likely N-dealkylation sites (N-methyl/N-ethyl adjacent to an activating group) is 2. The lowest BCUT2D eigenvalue weighted by Gasteiger charge is -2.16. The Morgan fingerprint density at radius 3 is 2.43 bits per heavy atom. The van der Waals surface area contributed by atoms with Gasteiger partial charge in [-0.3, -0.25) is 9.59 Å². The van der Waals surface area contributed by atoms with Crippen LogP contribution in [0.4, 0.5) is 5.69 Å². The van der Waals surface area contributed by atoms with Crippen LogP contribution in [0.5, 0.6) is 0 Å². The van der Waals surface area contributed by atoms with Crippen molar-refractivity contribution in [3.8, 4) is 0 Å². The molecular formula is C12H13Cl3N4O4. The summed E-state index contributed by atoms with van der Waals surface area (Å²) in [7, 11) is 2.82. The molecule has 0 aliphatic carbocycles. The number of nitrogens with two attached hydrogens (primary N) is 1. The molecule has 0 saturated heterocycles. The van der Waals surface area contributed by atoms with Crippen molar-refractivity contribution in [3.63, 3.8) is 0 Å². The highest BCUT2D eigenvalue weighted by molar-refractivity contribution is 6.46. The molecule has 0 aliphatic heterocycles. The zero-order valence-electron chi connectivity index (χ0n) is 12.2. The van der Waals surface area contributed by atoms with E-state index in [2.05, 4.69) is 10.3 Å². The number of nitrogens with one attached hydrogen (secondary N) is 1. The number of halogens is 3. The van der Waals surface area contributed by atoms with E-state index in [0.29, 0.717) is 0 Å². The molecule has 8 nitrogen and oxygen atoms in total. The Bertz CT molecular complexity index is 654. The van der Waals surface area contributed by atoms with E-state index in [4.69, 9.17) is 45.3 Å². The monoisotopic (exact) mass is 382 g/mol. The van der Waals surface area contributed by atoms with Gasteiger partial charge >= 0.3 is 5.97 Å². The van der Waals surface area contributed by atoms with Crippen molar-refractivity contribution < 1.29 is 19.1 Å². The molecule has 0 bridgehead atoms. The van der Waals surface area contributed by atoms with E-state index in [0.717, 1.165) is 4.90 Å². The number of aromatic nitrogens is 1. The van der Waals surface area contributed by atoms with E-state index < -0.39 is 18.5 Å². The van der Waals surface area contributed by atoms with Crippen LogP contribution in [0, 0.1) is 0 Å². The summed E-state index contributed by atoms with van der Waals surface area (Å²) in [5.74, 6) is -1.96. The molecule has 0 radical (unpaired) electrons. The Kier molecular flexibility index (Phi) is 6.86. The van der Waals surface area contributed by atoms with Crippen molar-refractivity contribution in [2.45, 2.75) is 0 Å². The van der Waals surface area contributed by atoms with Crippen molar-refractivity contribution in [1.29, 1.82) is 0 Å². The molecule has 0 spiro atoms. The van der Waals surface area contributed by atoms with Crippen LogP contribution in [0.2, 0.25) is 15.2 Å². The molecule has 1 heterocycles. The molecule has 0 atom stereocenters. The second-order valence-corrected chi connectivity index (χ2v) is 5.41. The third kappa shape index (κ3) is 4.85. The van der Waals surface area contributed by atoms with Crippen molar-refractivity contribution in [2.24, 2.45) is 0 Å². The Morgan fingerprint density at radius 1 is 1.26 bits per heavy atom. The summed E-state index contributed by atoms with van der Waals surface area (Å²) in [5.41, 5.74) is 5.10. The van der Waals surface area contributed by atoms with Gasteiger partial charge in [0, 0.05) is 14.1 Å². The average molecular weight is 384 g/mol. The number of ether oxygens (including phenoxy) is 1. The van der Waals surface area contributed by atoms with Gasteiger partial charge in [0.15, 0.2) is 17.5 Å². The van der Waals surface area contributed by atoms with E-state index in [1.165, 1.54) is 14.1 Å². The smallest absolute Gasteiger partial charge is 0.359 e. The van der Waals surface area contributed by atoms with Crippen LogP contribution in [0.25, 0.3) is 0 Å². The molecule has 1 rings (SSSR count). The molecule has 0 aliphatic rings. The molecule has 0 aromatic carbocycles. The van der Waals surface area contributed by atoms with Crippen LogP contribution < -0.4 is 11.1 Å². The summed E-state index contributed by atoms with van der Waals surface area (Å²) in [4.78, 5) is 39.6. The highest BCUT2D eigenvalue weighted by atomic mass is 35.5. The van der Waals surface area contributed by atoms with Gasteiger partial charge in [0.05, 0.1) is 17.3 Å². The highest BCUT2D eigenvalue weighted by Crippen LogP contribution is 2.34. The van der Waals surface area contributed by atoms with E-state index in [9.17, 15) is 14.4 Å². The number of pyridine rings is 1. The van der Waals surface area contributed by atoms with E-state index in [1.807, 2.05) is 0 Å². The molecule has 0 saturated carbocycles. The first-order chi connectivity index (χ1) is 10.7. The normalized spacial score (nSPS) is 10.1. The van der Waals surface area contributed by atoms with Crippen LogP contribution >= 0.6 is 34.8 Å². The standard InChI is InChI=1S/C12H13Cl3N4O4/c1-17-5(20)3-19(2)6(21)4-23-12(22)10-7(13)9(16)8(14)11(15)18-10/h3-4H2,1-2H3,(H2,16,18)(H,17,20). The number of amides is 2. The molecule has 1 aromatic rings. The number of rotatable bonds is 5. The second-order valence-electron chi connectivity index (χ2n) is 4.29. The lowest BCUT2D eigenvalue weighted by Crippen LogP contribution is -2.39. The van der Waals surface area contributed by atoms with Crippen molar-refractivity contribution in [3.05, 3.63) is 20.9 Å². The van der Waals surface area contributed by atoms with Crippen molar-refractivity contribution in [1.82, 2.24) is 15.2 Å². The van der Waals surface area contributed by atoms with Gasteiger partial charge in [-0.25, -0.2) is 9.78 Å². The summed E-state index contributed by atoms with van der Waals surface area (Å²) in [5, 5.41) is 1.82. The van der Waals surface area contributed by atoms with Gasteiger partial charge in [-0.2, -0.15) is 0 Å². The maximum Gasteiger partial charge on any atom is 0.359 e. The zero-order valence-corrected chi connectivity index (χ0v) is 14.4. The van der Waals surface area contributed by atoms with Gasteiger partial charge in [-0.1, -0.05) is 34.8 Å². The predicted molar refractivity (Wildman–Crippen MR) is 85.7 cm³/mol. The molecule has 2 amide bonds. The number of nitrogens with zero attached hydrogens (tertiary/aromatic N) is 2. The number of carbonyl (C=O) groups excluding carboxylic acids is 3. The van der Waals surface area contributed by atoms with E-state index in [-0.39, 0.29) is 39.0 Å². The van der Waals surface area contributed by atoms with E-state index in [1.54, 1.807) is 0 Å².